The zero-order valence-electron chi connectivity index (χ0n) is 8.42. The van der Waals surface area contributed by atoms with Gasteiger partial charge in [-0.05, 0) is 18.6 Å². The van der Waals surface area contributed by atoms with Crippen molar-refractivity contribution in [1.29, 1.82) is 5.26 Å². The van der Waals surface area contributed by atoms with Crippen molar-refractivity contribution < 1.29 is 10.0 Å². The van der Waals surface area contributed by atoms with Crippen molar-refractivity contribution in [1.82, 2.24) is 0 Å². The van der Waals surface area contributed by atoms with E-state index >= 15 is 0 Å². The molecule has 1 aromatic carbocycles. The summed E-state index contributed by atoms with van der Waals surface area (Å²) in [5, 5.41) is 28.0. The summed E-state index contributed by atoms with van der Waals surface area (Å²) in [5.74, 6) is 0.694. The molecule has 0 saturated carbocycles. The first-order valence-corrected chi connectivity index (χ1v) is 5.60. The van der Waals surface area contributed by atoms with Gasteiger partial charge in [-0.2, -0.15) is 5.26 Å². The van der Waals surface area contributed by atoms with Crippen LogP contribution in [0.4, 0.5) is 5.69 Å². The Morgan fingerprint density at radius 1 is 1.56 bits per heavy atom. The molecule has 0 aromatic heterocycles. The molecule has 0 aliphatic rings. The van der Waals surface area contributed by atoms with E-state index < -0.39 is 4.92 Å². The number of thioether (sulfide) groups is 1. The number of nitro benzene ring substituents is 1. The quantitative estimate of drug-likeness (QED) is 0.366. The number of nitrogens with zero attached hydrogens (tertiary/aromatic N) is 2. The van der Waals surface area contributed by atoms with Crippen molar-refractivity contribution in [3.8, 4) is 6.07 Å². The van der Waals surface area contributed by atoms with Crippen molar-refractivity contribution in [3.05, 3.63) is 33.9 Å². The Kier molecular flexibility index (Phi) is 4.76. The average molecular weight is 238 g/mol. The molecule has 84 valence electrons. The minimum absolute atomic E-state index is 0.0662. The smallest absolute Gasteiger partial charge is 0.288 e. The maximum absolute atomic E-state index is 10.7. The van der Waals surface area contributed by atoms with Gasteiger partial charge in [0.1, 0.15) is 11.6 Å². The molecular weight excluding hydrogens is 228 g/mol. The van der Waals surface area contributed by atoms with Crippen LogP contribution in [0.25, 0.3) is 0 Å². The second kappa shape index (κ2) is 6.10. The van der Waals surface area contributed by atoms with Gasteiger partial charge in [0.15, 0.2) is 0 Å². The molecule has 1 aromatic rings. The summed E-state index contributed by atoms with van der Waals surface area (Å²) >= 11 is 1.42. The molecule has 0 aliphatic carbocycles. The standard InChI is InChI=1S/C10H10N2O3S/c11-7-8-2-3-9(16-5-1-4-13)6-10(8)12(14)15/h2-3,6,13H,1,4-5H2. The molecular formula is C10H10N2O3S. The molecule has 0 spiro atoms. The molecule has 0 fully saturated rings. The lowest BCUT2D eigenvalue weighted by atomic mass is 10.2. The molecule has 0 atom stereocenters. The fourth-order valence-corrected chi connectivity index (χ4v) is 1.97. The van der Waals surface area contributed by atoms with Gasteiger partial charge in [-0.3, -0.25) is 10.1 Å². The predicted molar refractivity (Wildman–Crippen MR) is 60.2 cm³/mol. The summed E-state index contributed by atoms with van der Waals surface area (Å²) < 4.78 is 0. The zero-order chi connectivity index (χ0) is 12.0. The van der Waals surface area contributed by atoms with Crippen molar-refractivity contribution >= 4 is 17.4 Å². The van der Waals surface area contributed by atoms with Gasteiger partial charge in [-0.15, -0.1) is 11.8 Å². The highest BCUT2D eigenvalue weighted by Crippen LogP contribution is 2.26. The Balaban J connectivity index is 2.86. The van der Waals surface area contributed by atoms with Gasteiger partial charge in [-0.1, -0.05) is 0 Å². The van der Waals surface area contributed by atoms with Crippen LogP contribution < -0.4 is 0 Å². The summed E-state index contributed by atoms with van der Waals surface area (Å²) in [6, 6.07) is 6.29. The number of aliphatic hydroxyl groups excluding tert-OH is 1. The lowest BCUT2D eigenvalue weighted by molar-refractivity contribution is -0.385. The number of hydrogen-bond acceptors (Lipinski definition) is 5. The first-order valence-electron chi connectivity index (χ1n) is 4.61. The highest BCUT2D eigenvalue weighted by Gasteiger charge is 2.13. The minimum atomic E-state index is -0.561. The Labute approximate surface area is 96.9 Å². The summed E-state index contributed by atoms with van der Waals surface area (Å²) in [6.45, 7) is 0.103. The molecule has 0 bridgehead atoms. The lowest BCUT2D eigenvalue weighted by Gasteiger charge is -2.01. The second-order valence-corrected chi connectivity index (χ2v) is 4.14. The van der Waals surface area contributed by atoms with E-state index in [9.17, 15) is 10.1 Å². The number of benzene rings is 1. The monoisotopic (exact) mass is 238 g/mol. The fraction of sp³-hybridized carbons (Fsp3) is 0.300. The molecule has 5 nitrogen and oxygen atoms in total. The van der Waals surface area contributed by atoms with E-state index in [1.165, 1.54) is 23.9 Å². The third kappa shape index (κ3) is 3.22. The van der Waals surface area contributed by atoms with Gasteiger partial charge < -0.3 is 5.11 Å². The van der Waals surface area contributed by atoms with Crippen molar-refractivity contribution in [2.24, 2.45) is 0 Å². The largest absolute Gasteiger partial charge is 0.396 e. The predicted octanol–water partition coefficient (Wildman–Crippen LogP) is 1.94. The van der Waals surface area contributed by atoms with E-state index in [1.54, 1.807) is 12.1 Å². The summed E-state index contributed by atoms with van der Waals surface area (Å²) in [6.07, 6.45) is 0.637. The van der Waals surface area contributed by atoms with Crippen molar-refractivity contribution in [3.63, 3.8) is 0 Å². The minimum Gasteiger partial charge on any atom is -0.396 e. The van der Waals surface area contributed by atoms with Crippen LogP contribution in [0.15, 0.2) is 23.1 Å². The van der Waals surface area contributed by atoms with Gasteiger partial charge in [0.25, 0.3) is 5.69 Å². The molecule has 1 N–H and O–H groups in total. The van der Waals surface area contributed by atoms with Gasteiger partial charge in [0.05, 0.1) is 4.92 Å². The Hall–Kier alpha value is -1.58. The van der Waals surface area contributed by atoms with Crippen LogP contribution in [0.3, 0.4) is 0 Å². The van der Waals surface area contributed by atoms with Crippen LogP contribution in [0.1, 0.15) is 12.0 Å². The summed E-state index contributed by atoms with van der Waals surface area (Å²) in [5.41, 5.74) is -0.104. The normalized spacial score (nSPS) is 9.75. The zero-order valence-corrected chi connectivity index (χ0v) is 9.24. The molecule has 0 amide bonds. The number of nitro groups is 1. The first-order chi connectivity index (χ1) is 7.69. The molecule has 0 aliphatic heterocycles. The Bertz CT molecular complexity index is 429. The Morgan fingerprint density at radius 2 is 2.31 bits per heavy atom. The molecule has 0 saturated heterocycles. The van der Waals surface area contributed by atoms with Crippen LogP contribution in [0, 0.1) is 21.4 Å². The second-order valence-electron chi connectivity index (χ2n) is 2.97. The average Bonchev–Trinajstić information content (AvgIpc) is 2.29. The first kappa shape index (κ1) is 12.5. The summed E-state index contributed by atoms with van der Waals surface area (Å²) in [4.78, 5) is 10.8. The van der Waals surface area contributed by atoms with Gasteiger partial charge in [0, 0.05) is 23.3 Å². The maximum atomic E-state index is 10.7. The van der Waals surface area contributed by atoms with Gasteiger partial charge in [0.2, 0.25) is 0 Å². The van der Waals surface area contributed by atoms with Crippen molar-refractivity contribution in [2.75, 3.05) is 12.4 Å². The van der Waals surface area contributed by atoms with Gasteiger partial charge >= 0.3 is 0 Å². The SMILES string of the molecule is N#Cc1ccc(SCCCO)cc1[N+](=O)[O-]. The van der Waals surface area contributed by atoms with E-state index in [0.29, 0.717) is 12.2 Å². The topological polar surface area (TPSA) is 87.2 Å². The third-order valence-electron chi connectivity index (χ3n) is 1.86. The molecule has 0 unspecified atom stereocenters. The van der Waals surface area contributed by atoms with Crippen LogP contribution in [0.2, 0.25) is 0 Å². The number of rotatable bonds is 5. The van der Waals surface area contributed by atoms with Crippen LogP contribution in [-0.4, -0.2) is 22.4 Å². The third-order valence-corrected chi connectivity index (χ3v) is 2.94. The van der Waals surface area contributed by atoms with Gasteiger partial charge in [-0.25, -0.2) is 0 Å². The van der Waals surface area contributed by atoms with E-state index in [-0.39, 0.29) is 17.9 Å². The molecule has 16 heavy (non-hydrogen) atoms. The van der Waals surface area contributed by atoms with Crippen LogP contribution >= 0.6 is 11.8 Å². The molecule has 1 rings (SSSR count). The number of nitriles is 1. The van der Waals surface area contributed by atoms with E-state index in [2.05, 4.69) is 0 Å². The molecule has 6 heteroatoms. The molecule has 0 radical (unpaired) electrons. The highest BCUT2D eigenvalue weighted by atomic mass is 32.2. The summed E-state index contributed by atoms with van der Waals surface area (Å²) in [7, 11) is 0. The number of aliphatic hydroxyl groups is 1. The fourth-order valence-electron chi connectivity index (χ4n) is 1.10. The van der Waals surface area contributed by atoms with E-state index in [4.69, 9.17) is 10.4 Å². The highest BCUT2D eigenvalue weighted by molar-refractivity contribution is 7.99. The Morgan fingerprint density at radius 3 is 2.88 bits per heavy atom. The number of hydrogen-bond donors (Lipinski definition) is 1. The van der Waals surface area contributed by atoms with E-state index in [1.807, 2.05) is 0 Å². The maximum Gasteiger partial charge on any atom is 0.288 e. The van der Waals surface area contributed by atoms with Crippen LogP contribution in [0.5, 0.6) is 0 Å². The molecule has 0 heterocycles. The van der Waals surface area contributed by atoms with Crippen molar-refractivity contribution in [2.45, 2.75) is 11.3 Å². The lowest BCUT2D eigenvalue weighted by Crippen LogP contribution is -1.93. The van der Waals surface area contributed by atoms with Crippen LogP contribution in [-0.2, 0) is 0 Å². The van der Waals surface area contributed by atoms with E-state index in [0.717, 1.165) is 4.90 Å².